The van der Waals surface area contributed by atoms with Gasteiger partial charge in [-0.25, -0.2) is 0 Å². The van der Waals surface area contributed by atoms with Gasteiger partial charge in [0.05, 0.1) is 6.61 Å². The quantitative estimate of drug-likeness (QED) is 0.830. The molecule has 116 valence electrons. The molecule has 3 nitrogen and oxygen atoms in total. The molecular weight excluding hydrogens is 248 g/mol. The molecule has 3 aliphatic rings. The van der Waals surface area contributed by atoms with E-state index in [1.54, 1.807) is 0 Å². The monoisotopic (exact) mass is 280 g/mol. The van der Waals surface area contributed by atoms with E-state index in [-0.39, 0.29) is 5.54 Å². The number of nitrogens with zero attached hydrogens (tertiary/aromatic N) is 1. The van der Waals surface area contributed by atoms with Crippen LogP contribution in [0.25, 0.3) is 0 Å². The number of likely N-dealkylation sites (tertiary alicyclic amines) is 1. The van der Waals surface area contributed by atoms with Crippen LogP contribution in [0.15, 0.2) is 0 Å². The fourth-order valence-electron chi connectivity index (χ4n) is 4.63. The molecule has 4 unspecified atom stereocenters. The number of piperidine rings is 1. The number of hydrogen-bond donors (Lipinski definition) is 2. The van der Waals surface area contributed by atoms with Crippen molar-refractivity contribution in [3.05, 3.63) is 0 Å². The highest BCUT2D eigenvalue weighted by Gasteiger charge is 2.42. The smallest absolute Gasteiger partial charge is 0.0613 e. The van der Waals surface area contributed by atoms with Crippen molar-refractivity contribution in [2.75, 3.05) is 19.7 Å². The highest BCUT2D eigenvalue weighted by molar-refractivity contribution is 5.01. The first-order valence-electron chi connectivity index (χ1n) is 8.73. The van der Waals surface area contributed by atoms with E-state index in [4.69, 9.17) is 0 Å². The Morgan fingerprint density at radius 1 is 1.15 bits per heavy atom. The predicted molar refractivity (Wildman–Crippen MR) is 82.7 cm³/mol. The number of aliphatic hydroxyl groups is 1. The summed E-state index contributed by atoms with van der Waals surface area (Å²) >= 11 is 0. The van der Waals surface area contributed by atoms with Gasteiger partial charge in [0, 0.05) is 30.7 Å². The Morgan fingerprint density at radius 3 is 2.45 bits per heavy atom. The second-order valence-electron chi connectivity index (χ2n) is 8.01. The molecule has 3 fully saturated rings. The molecular formula is C17H32N2O. The van der Waals surface area contributed by atoms with Crippen molar-refractivity contribution < 1.29 is 5.11 Å². The topological polar surface area (TPSA) is 35.5 Å². The van der Waals surface area contributed by atoms with E-state index in [0.29, 0.717) is 18.7 Å². The molecule has 0 aromatic rings. The Bertz CT molecular complexity index is 321. The lowest BCUT2D eigenvalue weighted by atomic mass is 9.77. The van der Waals surface area contributed by atoms with Crippen LogP contribution < -0.4 is 5.32 Å². The summed E-state index contributed by atoms with van der Waals surface area (Å²) in [5.74, 6) is 1.67. The number of aliphatic hydroxyl groups excluding tert-OH is 1. The zero-order valence-corrected chi connectivity index (χ0v) is 13.3. The molecule has 1 aliphatic heterocycles. The van der Waals surface area contributed by atoms with E-state index in [1.165, 1.54) is 45.2 Å². The maximum Gasteiger partial charge on any atom is 0.0613 e. The molecule has 2 saturated carbocycles. The standard InChI is InChI=1S/C17H32N2O/c1-13-8-14(2)11-19(10-13)16-4-3-7-17(9-16,12-20)18-15-5-6-15/h13-16,18,20H,3-12H2,1-2H3. The zero-order chi connectivity index (χ0) is 14.2. The molecule has 0 bridgehead atoms. The highest BCUT2D eigenvalue weighted by atomic mass is 16.3. The van der Waals surface area contributed by atoms with Crippen molar-refractivity contribution in [2.45, 2.75) is 76.4 Å². The molecule has 1 heterocycles. The van der Waals surface area contributed by atoms with Gasteiger partial charge < -0.3 is 10.4 Å². The van der Waals surface area contributed by atoms with Crippen LogP contribution in [0.3, 0.4) is 0 Å². The molecule has 4 atom stereocenters. The van der Waals surface area contributed by atoms with Crippen molar-refractivity contribution >= 4 is 0 Å². The Labute approximate surface area is 124 Å². The van der Waals surface area contributed by atoms with Gasteiger partial charge in [-0.05, 0) is 56.8 Å². The Hall–Kier alpha value is -0.120. The van der Waals surface area contributed by atoms with E-state index >= 15 is 0 Å². The third-order valence-electron chi connectivity index (χ3n) is 5.62. The molecule has 3 rings (SSSR count). The minimum atomic E-state index is 0.0218. The summed E-state index contributed by atoms with van der Waals surface area (Å²) in [6.07, 6.45) is 8.91. The average molecular weight is 280 g/mol. The lowest BCUT2D eigenvalue weighted by Crippen LogP contribution is -2.58. The Morgan fingerprint density at radius 2 is 1.85 bits per heavy atom. The first-order chi connectivity index (χ1) is 9.60. The first-order valence-corrected chi connectivity index (χ1v) is 8.73. The summed E-state index contributed by atoms with van der Waals surface area (Å²) in [6, 6.07) is 1.38. The van der Waals surface area contributed by atoms with Crippen molar-refractivity contribution in [2.24, 2.45) is 11.8 Å². The summed E-state index contributed by atoms with van der Waals surface area (Å²) < 4.78 is 0. The van der Waals surface area contributed by atoms with Crippen molar-refractivity contribution in [1.29, 1.82) is 0 Å². The SMILES string of the molecule is CC1CC(C)CN(C2CCCC(CO)(NC3CC3)C2)C1. The third kappa shape index (κ3) is 3.37. The number of rotatable bonds is 4. The lowest BCUT2D eigenvalue weighted by Gasteiger charge is -2.47. The van der Waals surface area contributed by atoms with Crippen LogP contribution >= 0.6 is 0 Å². The average Bonchev–Trinajstić information content (AvgIpc) is 3.22. The van der Waals surface area contributed by atoms with Gasteiger partial charge in [0.25, 0.3) is 0 Å². The number of nitrogens with one attached hydrogen (secondary N) is 1. The van der Waals surface area contributed by atoms with Crippen molar-refractivity contribution in [3.63, 3.8) is 0 Å². The largest absolute Gasteiger partial charge is 0.394 e. The minimum Gasteiger partial charge on any atom is -0.394 e. The summed E-state index contributed by atoms with van der Waals surface area (Å²) in [6.45, 7) is 7.64. The predicted octanol–water partition coefficient (Wildman–Crippen LogP) is 2.39. The van der Waals surface area contributed by atoms with Crippen LogP contribution in [-0.2, 0) is 0 Å². The van der Waals surface area contributed by atoms with E-state index in [9.17, 15) is 5.11 Å². The van der Waals surface area contributed by atoms with Crippen LogP contribution in [0.2, 0.25) is 0 Å². The van der Waals surface area contributed by atoms with Crippen LogP contribution in [0.4, 0.5) is 0 Å². The normalized spacial score (nSPS) is 43.6. The van der Waals surface area contributed by atoms with Gasteiger partial charge >= 0.3 is 0 Å². The molecule has 0 amide bonds. The van der Waals surface area contributed by atoms with E-state index in [0.717, 1.165) is 24.7 Å². The van der Waals surface area contributed by atoms with Gasteiger partial charge in [-0.3, -0.25) is 4.90 Å². The van der Waals surface area contributed by atoms with Crippen LogP contribution in [0.1, 0.15) is 58.8 Å². The van der Waals surface area contributed by atoms with Gasteiger partial charge in [0.1, 0.15) is 0 Å². The number of hydrogen-bond acceptors (Lipinski definition) is 3. The Balaban J connectivity index is 1.64. The van der Waals surface area contributed by atoms with Gasteiger partial charge in [0.2, 0.25) is 0 Å². The van der Waals surface area contributed by atoms with Crippen LogP contribution in [-0.4, -0.2) is 47.3 Å². The second-order valence-corrected chi connectivity index (χ2v) is 8.01. The molecule has 0 aromatic heterocycles. The van der Waals surface area contributed by atoms with Gasteiger partial charge in [-0.15, -0.1) is 0 Å². The second kappa shape index (κ2) is 5.94. The zero-order valence-electron chi connectivity index (χ0n) is 13.3. The van der Waals surface area contributed by atoms with E-state index in [2.05, 4.69) is 24.1 Å². The maximum absolute atomic E-state index is 9.96. The van der Waals surface area contributed by atoms with Crippen LogP contribution in [0.5, 0.6) is 0 Å². The molecule has 0 radical (unpaired) electrons. The molecule has 0 aromatic carbocycles. The Kier molecular flexibility index (Phi) is 4.40. The first kappa shape index (κ1) is 14.8. The van der Waals surface area contributed by atoms with E-state index < -0.39 is 0 Å². The molecule has 1 saturated heterocycles. The molecule has 0 spiro atoms. The van der Waals surface area contributed by atoms with Crippen molar-refractivity contribution in [1.82, 2.24) is 10.2 Å². The van der Waals surface area contributed by atoms with Gasteiger partial charge in [-0.1, -0.05) is 13.8 Å². The fraction of sp³-hybridized carbons (Fsp3) is 1.00. The maximum atomic E-state index is 9.96. The lowest BCUT2D eigenvalue weighted by molar-refractivity contribution is 0.0270. The summed E-state index contributed by atoms with van der Waals surface area (Å²) in [5, 5.41) is 13.7. The van der Waals surface area contributed by atoms with Gasteiger partial charge in [-0.2, -0.15) is 0 Å². The molecule has 3 heteroatoms. The molecule has 20 heavy (non-hydrogen) atoms. The molecule has 2 N–H and O–H groups in total. The fourth-order valence-corrected chi connectivity index (χ4v) is 4.63. The highest BCUT2D eigenvalue weighted by Crippen LogP contribution is 2.36. The summed E-state index contributed by atoms with van der Waals surface area (Å²) in [5.41, 5.74) is 0.0218. The van der Waals surface area contributed by atoms with E-state index in [1.807, 2.05) is 0 Å². The summed E-state index contributed by atoms with van der Waals surface area (Å²) in [7, 11) is 0. The van der Waals surface area contributed by atoms with Gasteiger partial charge in [0.15, 0.2) is 0 Å². The van der Waals surface area contributed by atoms with Crippen molar-refractivity contribution in [3.8, 4) is 0 Å². The minimum absolute atomic E-state index is 0.0218. The molecule has 2 aliphatic carbocycles. The summed E-state index contributed by atoms with van der Waals surface area (Å²) in [4.78, 5) is 2.73. The third-order valence-corrected chi connectivity index (χ3v) is 5.62. The van der Waals surface area contributed by atoms with Crippen LogP contribution in [0, 0.1) is 11.8 Å².